The van der Waals surface area contributed by atoms with E-state index in [1.165, 1.54) is 12.1 Å². The fraction of sp³-hybridized carbons (Fsp3) is 0.269. The Kier molecular flexibility index (Phi) is 6.55. The average molecular weight is 541 g/mol. The minimum atomic E-state index is -0.736. The number of amides is 4. The molecular weight excluding hydrogens is 515 g/mol. The van der Waals surface area contributed by atoms with E-state index in [4.69, 9.17) is 0 Å². The summed E-state index contributed by atoms with van der Waals surface area (Å²) < 4.78 is 16.0. The molecule has 35 heavy (non-hydrogen) atoms. The van der Waals surface area contributed by atoms with E-state index in [0.29, 0.717) is 12.2 Å². The molecule has 2 aromatic carbocycles. The lowest BCUT2D eigenvalue weighted by molar-refractivity contribution is -0.127. The summed E-state index contributed by atoms with van der Waals surface area (Å²) >= 11 is 3.32. The van der Waals surface area contributed by atoms with Crippen LogP contribution in [0.4, 0.5) is 20.6 Å². The largest absolute Gasteiger partial charge is 0.363 e. The molecule has 2 heterocycles. The molecule has 7 nitrogen and oxygen atoms in total. The van der Waals surface area contributed by atoms with Crippen molar-refractivity contribution in [3.05, 3.63) is 69.6 Å². The second-order valence-electron chi connectivity index (χ2n) is 9.05. The number of urea groups is 1. The normalized spacial score (nSPS) is 17.9. The zero-order valence-electron chi connectivity index (χ0n) is 19.9. The first-order valence-corrected chi connectivity index (χ1v) is 12.0. The van der Waals surface area contributed by atoms with E-state index in [1.54, 1.807) is 30.3 Å². The molecule has 2 N–H and O–H groups in total. The number of halogens is 2. The van der Waals surface area contributed by atoms with Crippen LogP contribution in [-0.4, -0.2) is 41.4 Å². The Hall–Kier alpha value is -3.46. The highest BCUT2D eigenvalue weighted by Crippen LogP contribution is 2.40. The van der Waals surface area contributed by atoms with Gasteiger partial charge in [0.25, 0.3) is 5.91 Å². The standard InChI is InChI=1S/C26H26BrFN4O3/c1-5-32-22-12-20(28)16(10-19(22)15(2)13-26(32,3)4)11-21-24(34)31(25(35)30-21)14-23(33)29-18-8-6-17(27)7-9-18/h6-13H,5,14H2,1-4H3,(H,29,33)(H,30,35)/b21-11+. The molecule has 182 valence electrons. The summed E-state index contributed by atoms with van der Waals surface area (Å²) in [5.41, 5.74) is 3.01. The smallest absolute Gasteiger partial charge is 0.329 e. The highest BCUT2D eigenvalue weighted by molar-refractivity contribution is 9.10. The number of rotatable bonds is 5. The van der Waals surface area contributed by atoms with Gasteiger partial charge in [0.2, 0.25) is 5.91 Å². The van der Waals surface area contributed by atoms with E-state index in [2.05, 4.69) is 51.4 Å². The van der Waals surface area contributed by atoms with Gasteiger partial charge < -0.3 is 15.5 Å². The molecule has 4 amide bonds. The number of carbonyl (C=O) groups excluding carboxylic acids is 3. The quantitative estimate of drug-likeness (QED) is 0.406. The predicted octanol–water partition coefficient (Wildman–Crippen LogP) is 5.14. The summed E-state index contributed by atoms with van der Waals surface area (Å²) in [4.78, 5) is 40.5. The van der Waals surface area contributed by atoms with Crippen molar-refractivity contribution in [1.29, 1.82) is 0 Å². The summed E-state index contributed by atoms with van der Waals surface area (Å²) in [6.07, 6.45) is 3.44. The summed E-state index contributed by atoms with van der Waals surface area (Å²) in [5, 5.41) is 5.09. The van der Waals surface area contributed by atoms with Crippen LogP contribution in [0.15, 0.2) is 52.6 Å². The van der Waals surface area contributed by atoms with Crippen molar-refractivity contribution in [3.63, 3.8) is 0 Å². The van der Waals surface area contributed by atoms with Crippen molar-refractivity contribution in [2.24, 2.45) is 0 Å². The van der Waals surface area contributed by atoms with Crippen LogP contribution in [0.1, 0.15) is 38.8 Å². The van der Waals surface area contributed by atoms with Gasteiger partial charge in [-0.15, -0.1) is 0 Å². The number of imide groups is 1. The van der Waals surface area contributed by atoms with Crippen LogP contribution in [-0.2, 0) is 9.59 Å². The average Bonchev–Trinajstić information content (AvgIpc) is 3.03. The first-order chi connectivity index (χ1) is 16.5. The predicted molar refractivity (Wildman–Crippen MR) is 138 cm³/mol. The Bertz CT molecular complexity index is 1280. The van der Waals surface area contributed by atoms with Gasteiger partial charge in [0.1, 0.15) is 18.1 Å². The SMILES string of the molecule is CCN1c2cc(F)c(/C=C3/NC(=O)N(CC(=O)Nc4ccc(Br)cc4)C3=O)cc2C(C)=CC1(C)C. The van der Waals surface area contributed by atoms with Crippen molar-refractivity contribution in [2.45, 2.75) is 33.2 Å². The molecule has 2 aliphatic rings. The van der Waals surface area contributed by atoms with Crippen LogP contribution < -0.4 is 15.5 Å². The molecule has 4 rings (SSSR count). The molecule has 0 atom stereocenters. The van der Waals surface area contributed by atoms with Gasteiger partial charge in [-0.3, -0.25) is 9.59 Å². The minimum absolute atomic E-state index is 0.0876. The molecule has 9 heteroatoms. The molecular formula is C26H26BrFN4O3. The summed E-state index contributed by atoms with van der Waals surface area (Å²) in [7, 11) is 0. The number of likely N-dealkylation sites (N-methyl/N-ethyl adjacent to an activating group) is 1. The molecule has 0 saturated carbocycles. The number of allylic oxidation sites excluding steroid dienone is 1. The second kappa shape index (κ2) is 9.30. The molecule has 1 saturated heterocycles. The van der Waals surface area contributed by atoms with E-state index >= 15 is 4.39 Å². The molecule has 0 aliphatic carbocycles. The van der Waals surface area contributed by atoms with Gasteiger partial charge in [-0.1, -0.05) is 22.0 Å². The molecule has 1 fully saturated rings. The number of hydrogen-bond acceptors (Lipinski definition) is 4. The maximum Gasteiger partial charge on any atom is 0.329 e. The fourth-order valence-corrected chi connectivity index (χ4v) is 4.82. The lowest BCUT2D eigenvalue weighted by Gasteiger charge is -2.42. The third-order valence-corrected chi connectivity index (χ3v) is 6.63. The molecule has 0 bridgehead atoms. The van der Waals surface area contributed by atoms with Gasteiger partial charge in [0.05, 0.1) is 5.54 Å². The first-order valence-electron chi connectivity index (χ1n) is 11.2. The van der Waals surface area contributed by atoms with Crippen LogP contribution >= 0.6 is 15.9 Å². The van der Waals surface area contributed by atoms with Crippen LogP contribution in [0, 0.1) is 5.82 Å². The van der Waals surface area contributed by atoms with E-state index in [9.17, 15) is 14.4 Å². The third kappa shape index (κ3) is 4.86. The number of nitrogens with zero attached hydrogens (tertiary/aromatic N) is 2. The topological polar surface area (TPSA) is 81.8 Å². The third-order valence-electron chi connectivity index (χ3n) is 6.10. The van der Waals surface area contributed by atoms with Crippen LogP contribution in [0.3, 0.4) is 0 Å². The summed E-state index contributed by atoms with van der Waals surface area (Å²) in [6, 6.07) is 9.31. The van der Waals surface area contributed by atoms with Crippen molar-refractivity contribution in [2.75, 3.05) is 23.3 Å². The van der Waals surface area contributed by atoms with Crippen molar-refractivity contribution in [1.82, 2.24) is 10.2 Å². The number of benzene rings is 2. The Labute approximate surface area is 211 Å². The zero-order chi connectivity index (χ0) is 25.5. The van der Waals surface area contributed by atoms with Gasteiger partial charge in [0, 0.05) is 33.5 Å². The monoisotopic (exact) mass is 540 g/mol. The van der Waals surface area contributed by atoms with Crippen LogP contribution in [0.2, 0.25) is 0 Å². The van der Waals surface area contributed by atoms with Gasteiger partial charge >= 0.3 is 6.03 Å². The van der Waals surface area contributed by atoms with Crippen molar-refractivity contribution in [3.8, 4) is 0 Å². The van der Waals surface area contributed by atoms with Gasteiger partial charge in [0.15, 0.2) is 0 Å². The Morgan fingerprint density at radius 1 is 1.20 bits per heavy atom. The zero-order valence-corrected chi connectivity index (χ0v) is 21.5. The highest BCUT2D eigenvalue weighted by atomic mass is 79.9. The van der Waals surface area contributed by atoms with Crippen LogP contribution in [0.5, 0.6) is 0 Å². The Balaban J connectivity index is 1.56. The molecule has 2 aromatic rings. The van der Waals surface area contributed by atoms with Gasteiger partial charge in [-0.05, 0) is 75.7 Å². The van der Waals surface area contributed by atoms with E-state index in [-0.39, 0.29) is 16.8 Å². The van der Waals surface area contributed by atoms with Crippen molar-refractivity contribution >= 4 is 56.8 Å². The number of hydrogen-bond donors (Lipinski definition) is 2. The number of fused-ring (bicyclic) bond motifs is 1. The molecule has 2 aliphatic heterocycles. The molecule has 0 aromatic heterocycles. The lowest BCUT2D eigenvalue weighted by Crippen LogP contribution is -2.45. The van der Waals surface area contributed by atoms with Gasteiger partial charge in [-0.2, -0.15) is 0 Å². The number of nitrogens with one attached hydrogen (secondary N) is 2. The fourth-order valence-electron chi connectivity index (χ4n) is 4.55. The Morgan fingerprint density at radius 2 is 1.89 bits per heavy atom. The molecule has 0 radical (unpaired) electrons. The number of anilines is 2. The summed E-state index contributed by atoms with van der Waals surface area (Å²) in [6.45, 7) is 8.37. The minimum Gasteiger partial charge on any atom is -0.363 e. The maximum absolute atomic E-state index is 15.1. The van der Waals surface area contributed by atoms with Gasteiger partial charge in [-0.25, -0.2) is 14.1 Å². The maximum atomic E-state index is 15.1. The Morgan fingerprint density at radius 3 is 2.54 bits per heavy atom. The molecule has 0 unspecified atom stereocenters. The van der Waals surface area contributed by atoms with E-state index in [0.717, 1.165) is 26.2 Å². The molecule has 0 spiro atoms. The van der Waals surface area contributed by atoms with E-state index < -0.39 is 30.2 Å². The lowest BCUT2D eigenvalue weighted by atomic mass is 9.88. The van der Waals surface area contributed by atoms with E-state index in [1.807, 2.05) is 13.8 Å². The second-order valence-corrected chi connectivity index (χ2v) is 9.97. The highest BCUT2D eigenvalue weighted by Gasteiger charge is 2.36. The first kappa shape index (κ1) is 24.7. The summed E-state index contributed by atoms with van der Waals surface area (Å²) in [5.74, 6) is -1.73. The van der Waals surface area contributed by atoms with Crippen molar-refractivity contribution < 1.29 is 18.8 Å². The number of carbonyl (C=O) groups is 3. The van der Waals surface area contributed by atoms with Crippen LogP contribution in [0.25, 0.3) is 11.6 Å².